The van der Waals surface area contributed by atoms with Gasteiger partial charge in [0.25, 0.3) is 0 Å². The number of benzene rings is 2. The molecule has 0 aromatic heterocycles. The zero-order valence-electron chi connectivity index (χ0n) is 19.9. The van der Waals surface area contributed by atoms with Gasteiger partial charge in [-0.05, 0) is 62.1 Å². The summed E-state index contributed by atoms with van der Waals surface area (Å²) in [4.78, 5) is 36.9. The van der Waals surface area contributed by atoms with E-state index < -0.39 is 34.0 Å². The lowest BCUT2D eigenvalue weighted by molar-refractivity contribution is -0.142. The predicted molar refractivity (Wildman–Crippen MR) is 135 cm³/mol. The number of aliphatic carboxylic acids is 1. The molecule has 0 spiro atoms. The Morgan fingerprint density at radius 2 is 1.75 bits per heavy atom. The fourth-order valence-corrected chi connectivity index (χ4v) is 5.78. The van der Waals surface area contributed by atoms with Crippen molar-refractivity contribution in [3.05, 3.63) is 60.2 Å². The predicted octanol–water partition coefficient (Wildman–Crippen LogP) is 1.72. The van der Waals surface area contributed by atoms with Crippen LogP contribution in [-0.4, -0.2) is 60.8 Å². The normalized spacial score (nSPS) is 16.9. The minimum absolute atomic E-state index is 0.00392. The van der Waals surface area contributed by atoms with E-state index in [0.29, 0.717) is 43.5 Å². The maximum absolute atomic E-state index is 13.0. The highest BCUT2D eigenvalue weighted by atomic mass is 32.2. The highest BCUT2D eigenvalue weighted by molar-refractivity contribution is 7.89. The number of amides is 2. The monoisotopic (exact) mass is 516 g/mol. The lowest BCUT2D eigenvalue weighted by Crippen LogP contribution is -2.51. The summed E-state index contributed by atoms with van der Waals surface area (Å²) < 4.78 is 27.2. The number of hydrogen-bond donors (Lipinski definition) is 4. The lowest BCUT2D eigenvalue weighted by atomic mass is 10.0. The van der Waals surface area contributed by atoms with E-state index in [0.717, 1.165) is 10.7 Å². The van der Waals surface area contributed by atoms with Crippen molar-refractivity contribution in [1.29, 1.82) is 0 Å². The van der Waals surface area contributed by atoms with Crippen molar-refractivity contribution < 1.29 is 27.9 Å². The average Bonchev–Trinajstić information content (AvgIpc) is 3.37. The van der Waals surface area contributed by atoms with Crippen LogP contribution in [0.4, 0.5) is 5.69 Å². The van der Waals surface area contributed by atoms with Gasteiger partial charge in [-0.15, -0.1) is 0 Å². The highest BCUT2D eigenvalue weighted by Crippen LogP contribution is 2.26. The van der Waals surface area contributed by atoms with Gasteiger partial charge >= 0.3 is 5.97 Å². The van der Waals surface area contributed by atoms with E-state index in [-0.39, 0.29) is 23.8 Å². The Labute approximate surface area is 210 Å². The first-order valence-corrected chi connectivity index (χ1v) is 13.4. The number of anilines is 1. The molecule has 3 rings (SSSR count). The maximum Gasteiger partial charge on any atom is 0.326 e. The van der Waals surface area contributed by atoms with Crippen LogP contribution >= 0.6 is 0 Å². The number of hydrogen-bond acceptors (Lipinski definition) is 6. The van der Waals surface area contributed by atoms with Gasteiger partial charge in [0.05, 0.1) is 4.90 Å². The van der Waals surface area contributed by atoms with E-state index in [2.05, 4.69) is 10.6 Å². The van der Waals surface area contributed by atoms with Gasteiger partial charge in [0.15, 0.2) is 0 Å². The number of unbranched alkanes of at least 4 members (excludes halogenated alkanes) is 1. The molecule has 2 amide bonds. The van der Waals surface area contributed by atoms with Gasteiger partial charge in [0, 0.05) is 25.1 Å². The molecule has 0 aliphatic carbocycles. The quantitative estimate of drug-likeness (QED) is 0.313. The summed E-state index contributed by atoms with van der Waals surface area (Å²) in [6.45, 7) is 0.720. The SMILES string of the molecule is NCCCCC(=O)Nc1ccc(C[C@H](NC(=O)[C@@H]2CCCN2S(=O)(=O)c2ccccc2)C(=O)O)cc1. The van der Waals surface area contributed by atoms with Gasteiger partial charge in [0.2, 0.25) is 21.8 Å². The molecular weight excluding hydrogens is 484 g/mol. The fraction of sp³-hybridized carbons (Fsp3) is 0.400. The van der Waals surface area contributed by atoms with Gasteiger partial charge in [-0.3, -0.25) is 9.59 Å². The van der Waals surface area contributed by atoms with Crippen LogP contribution in [0.15, 0.2) is 59.5 Å². The van der Waals surface area contributed by atoms with E-state index in [9.17, 15) is 27.9 Å². The molecular formula is C25H32N4O6S. The van der Waals surface area contributed by atoms with Crippen LogP contribution in [-0.2, 0) is 30.8 Å². The number of carboxylic acid groups (broad SMARTS) is 1. The number of carbonyl (C=O) groups excluding carboxylic acids is 2. The number of sulfonamides is 1. The molecule has 1 fully saturated rings. The Bertz CT molecular complexity index is 1150. The number of nitrogens with two attached hydrogens (primary N) is 1. The van der Waals surface area contributed by atoms with E-state index in [4.69, 9.17) is 5.73 Å². The molecule has 5 N–H and O–H groups in total. The molecule has 2 aromatic rings. The molecule has 0 unspecified atom stereocenters. The number of carbonyl (C=O) groups is 3. The molecule has 0 saturated carbocycles. The Morgan fingerprint density at radius 1 is 1.06 bits per heavy atom. The first-order chi connectivity index (χ1) is 17.2. The van der Waals surface area contributed by atoms with Gasteiger partial charge < -0.3 is 21.5 Å². The van der Waals surface area contributed by atoms with E-state index in [1.165, 1.54) is 12.1 Å². The van der Waals surface area contributed by atoms with Crippen molar-refractivity contribution in [2.24, 2.45) is 5.73 Å². The zero-order chi connectivity index (χ0) is 26.1. The van der Waals surface area contributed by atoms with Crippen molar-refractivity contribution in [3.8, 4) is 0 Å². The topological polar surface area (TPSA) is 159 Å². The van der Waals surface area contributed by atoms with Crippen molar-refractivity contribution in [2.45, 2.75) is 55.5 Å². The summed E-state index contributed by atoms with van der Waals surface area (Å²) in [5.74, 6) is -1.99. The van der Waals surface area contributed by atoms with Crippen molar-refractivity contribution in [3.63, 3.8) is 0 Å². The van der Waals surface area contributed by atoms with Crippen molar-refractivity contribution >= 4 is 33.5 Å². The first-order valence-electron chi connectivity index (χ1n) is 11.9. The van der Waals surface area contributed by atoms with Crippen LogP contribution in [0.2, 0.25) is 0 Å². The summed E-state index contributed by atoms with van der Waals surface area (Å²) in [6, 6.07) is 12.3. The van der Waals surface area contributed by atoms with Gasteiger partial charge in [0.1, 0.15) is 12.1 Å². The number of rotatable bonds is 12. The molecule has 1 aliphatic heterocycles. The Hall–Kier alpha value is -3.28. The smallest absolute Gasteiger partial charge is 0.326 e. The molecule has 2 atom stereocenters. The van der Waals surface area contributed by atoms with E-state index in [1.807, 2.05) is 0 Å². The average molecular weight is 517 g/mol. The number of carboxylic acids is 1. The number of nitrogens with zero attached hydrogens (tertiary/aromatic N) is 1. The minimum Gasteiger partial charge on any atom is -0.480 e. The Kier molecular flexibility index (Phi) is 9.57. The van der Waals surface area contributed by atoms with Crippen LogP contribution < -0.4 is 16.4 Å². The van der Waals surface area contributed by atoms with Crippen LogP contribution in [0.5, 0.6) is 0 Å². The summed E-state index contributed by atoms with van der Waals surface area (Å²) in [6.07, 6.45) is 2.65. The third-order valence-electron chi connectivity index (χ3n) is 6.01. The van der Waals surface area contributed by atoms with Crippen LogP contribution in [0.1, 0.15) is 37.7 Å². The summed E-state index contributed by atoms with van der Waals surface area (Å²) >= 11 is 0. The minimum atomic E-state index is -3.89. The van der Waals surface area contributed by atoms with E-state index in [1.54, 1.807) is 42.5 Å². The summed E-state index contributed by atoms with van der Waals surface area (Å²) in [7, 11) is -3.89. The highest BCUT2D eigenvalue weighted by Gasteiger charge is 2.40. The largest absolute Gasteiger partial charge is 0.480 e. The van der Waals surface area contributed by atoms with Crippen molar-refractivity contribution in [1.82, 2.24) is 9.62 Å². The van der Waals surface area contributed by atoms with Crippen molar-refractivity contribution in [2.75, 3.05) is 18.4 Å². The van der Waals surface area contributed by atoms with Crippen LogP contribution in [0, 0.1) is 0 Å². The molecule has 1 saturated heterocycles. The van der Waals surface area contributed by atoms with E-state index >= 15 is 0 Å². The fourth-order valence-electron chi connectivity index (χ4n) is 4.10. The molecule has 1 aliphatic rings. The molecule has 194 valence electrons. The molecule has 0 bridgehead atoms. The lowest BCUT2D eigenvalue weighted by Gasteiger charge is -2.25. The Balaban J connectivity index is 1.63. The molecule has 2 aromatic carbocycles. The first kappa shape index (κ1) is 27.3. The van der Waals surface area contributed by atoms with Gasteiger partial charge in [-0.25, -0.2) is 13.2 Å². The summed E-state index contributed by atoms with van der Waals surface area (Å²) in [5, 5.41) is 15.0. The van der Waals surface area contributed by atoms with Gasteiger partial charge in [-0.2, -0.15) is 4.31 Å². The number of nitrogens with one attached hydrogen (secondary N) is 2. The molecule has 10 nitrogen and oxygen atoms in total. The molecule has 1 heterocycles. The zero-order valence-corrected chi connectivity index (χ0v) is 20.7. The second-order valence-corrected chi connectivity index (χ2v) is 10.6. The molecule has 11 heteroatoms. The van der Waals surface area contributed by atoms with Gasteiger partial charge in [-0.1, -0.05) is 30.3 Å². The third-order valence-corrected chi connectivity index (χ3v) is 7.93. The van der Waals surface area contributed by atoms with Crippen LogP contribution in [0.25, 0.3) is 0 Å². The Morgan fingerprint density at radius 3 is 2.39 bits per heavy atom. The van der Waals surface area contributed by atoms with Crippen LogP contribution in [0.3, 0.4) is 0 Å². The summed E-state index contributed by atoms with van der Waals surface area (Å²) in [5.41, 5.74) is 6.66. The second-order valence-electron chi connectivity index (χ2n) is 8.68. The second kappa shape index (κ2) is 12.6. The standard InChI is InChI=1S/C25H32N4O6S/c26-15-5-4-10-23(30)27-19-13-11-18(12-14-19)17-21(25(32)33)28-24(31)22-9-6-16-29(22)36(34,35)20-7-2-1-3-8-20/h1-3,7-8,11-14,21-22H,4-6,9-10,15-17,26H2,(H,27,30)(H,28,31)(H,32,33)/t21-,22-/m0/s1. The maximum atomic E-state index is 13.0. The molecule has 0 radical (unpaired) electrons. The third kappa shape index (κ3) is 7.12. The molecule has 36 heavy (non-hydrogen) atoms.